The molecule has 1 heterocycles. The van der Waals surface area contributed by atoms with Crippen molar-refractivity contribution in [3.8, 4) is 17.2 Å². The molecule has 0 bridgehead atoms. The fraction of sp³-hybridized carbons (Fsp3) is 0.154. The normalized spacial score (nSPS) is 10.6. The van der Waals surface area contributed by atoms with Gasteiger partial charge in [0.2, 0.25) is 5.69 Å². The molecule has 0 unspecified atom stereocenters. The highest BCUT2D eigenvalue weighted by Crippen LogP contribution is 2.15. The monoisotopic (exact) mass is 490 g/mol. The molecule has 0 aliphatic carbocycles. The third-order valence-corrected chi connectivity index (χ3v) is 5.41. The molecule has 184 valence electrons. The molecule has 0 atom stereocenters. The van der Waals surface area contributed by atoms with Crippen molar-refractivity contribution in [3.05, 3.63) is 116 Å². The molecule has 0 aliphatic rings. The number of methoxy groups -OCH3 is 2. The van der Waals surface area contributed by atoms with Gasteiger partial charge in [0, 0.05) is 12.6 Å². The third kappa shape index (κ3) is 5.33. The van der Waals surface area contributed by atoms with E-state index in [0.29, 0.717) is 28.3 Å². The van der Waals surface area contributed by atoms with Gasteiger partial charge < -0.3 is 14.8 Å². The molecular formula is C26H23FN4O5. The first-order chi connectivity index (χ1) is 17.4. The highest BCUT2D eigenvalue weighted by atomic mass is 19.1. The van der Waals surface area contributed by atoms with Crippen molar-refractivity contribution >= 4 is 5.91 Å². The molecule has 0 radical (unpaired) electrons. The van der Waals surface area contributed by atoms with Crippen LogP contribution < -0.4 is 26.0 Å². The van der Waals surface area contributed by atoms with Gasteiger partial charge in [0.25, 0.3) is 11.5 Å². The summed E-state index contributed by atoms with van der Waals surface area (Å²) in [6.07, 6.45) is 0. The Bertz CT molecular complexity index is 1510. The van der Waals surface area contributed by atoms with Crippen LogP contribution in [0.3, 0.4) is 0 Å². The standard InChI is InChI=1S/C26H23FN4O5/c1-35-21-7-3-5-18(13-21)16-30-25(33)23(24(32)28-15-17-9-11-19(27)12-10-17)29-31(26(30)34)20-6-4-8-22(14-20)36-2/h3-14H,15-16H2,1-2H3,(H,28,32). The van der Waals surface area contributed by atoms with Crippen molar-refractivity contribution in [1.82, 2.24) is 19.7 Å². The molecule has 9 nitrogen and oxygen atoms in total. The van der Waals surface area contributed by atoms with Gasteiger partial charge in [-0.3, -0.25) is 14.2 Å². The van der Waals surface area contributed by atoms with Gasteiger partial charge in [-0.25, -0.2) is 9.18 Å². The van der Waals surface area contributed by atoms with Gasteiger partial charge in [0.1, 0.15) is 17.3 Å². The zero-order chi connectivity index (χ0) is 25.7. The number of aromatic nitrogens is 3. The van der Waals surface area contributed by atoms with E-state index in [1.165, 1.54) is 38.5 Å². The molecule has 0 saturated heterocycles. The van der Waals surface area contributed by atoms with Crippen LogP contribution >= 0.6 is 0 Å². The summed E-state index contributed by atoms with van der Waals surface area (Å²) in [5.74, 6) is -0.160. The van der Waals surface area contributed by atoms with Crippen LogP contribution in [0, 0.1) is 5.82 Å². The van der Waals surface area contributed by atoms with Crippen LogP contribution in [0.25, 0.3) is 5.69 Å². The second-order valence-corrected chi connectivity index (χ2v) is 7.80. The average Bonchev–Trinajstić information content (AvgIpc) is 2.90. The number of benzene rings is 3. The fourth-order valence-electron chi connectivity index (χ4n) is 3.53. The second kappa shape index (κ2) is 10.7. The topological polar surface area (TPSA) is 104 Å². The summed E-state index contributed by atoms with van der Waals surface area (Å²) >= 11 is 0. The molecule has 10 heteroatoms. The van der Waals surface area contributed by atoms with Crippen LogP contribution in [0.15, 0.2) is 82.4 Å². The number of hydrogen-bond acceptors (Lipinski definition) is 6. The Morgan fingerprint density at radius 1 is 0.917 bits per heavy atom. The molecule has 0 saturated carbocycles. The SMILES string of the molecule is COc1cccc(Cn2c(=O)c(C(=O)NCc3ccc(F)cc3)nn(-c3cccc(OC)c3)c2=O)c1. The minimum Gasteiger partial charge on any atom is -0.497 e. The highest BCUT2D eigenvalue weighted by molar-refractivity contribution is 5.91. The molecular weight excluding hydrogens is 467 g/mol. The Morgan fingerprint density at radius 3 is 2.28 bits per heavy atom. The Balaban J connectivity index is 1.78. The smallest absolute Gasteiger partial charge is 0.352 e. The lowest BCUT2D eigenvalue weighted by molar-refractivity contribution is 0.0941. The van der Waals surface area contributed by atoms with Gasteiger partial charge in [-0.05, 0) is 47.5 Å². The molecule has 1 aromatic heterocycles. The molecule has 1 N–H and O–H groups in total. The van der Waals surface area contributed by atoms with Crippen molar-refractivity contribution in [2.45, 2.75) is 13.1 Å². The van der Waals surface area contributed by atoms with E-state index in [4.69, 9.17) is 9.47 Å². The zero-order valence-corrected chi connectivity index (χ0v) is 19.6. The summed E-state index contributed by atoms with van der Waals surface area (Å²) in [6.45, 7) is -0.0754. The van der Waals surface area contributed by atoms with Crippen LogP contribution in [0.1, 0.15) is 21.6 Å². The zero-order valence-electron chi connectivity index (χ0n) is 19.6. The van der Waals surface area contributed by atoms with Gasteiger partial charge in [-0.1, -0.05) is 30.3 Å². The van der Waals surface area contributed by atoms with E-state index in [2.05, 4.69) is 10.4 Å². The molecule has 0 spiro atoms. The van der Waals surface area contributed by atoms with Crippen molar-refractivity contribution in [3.63, 3.8) is 0 Å². The number of hydrogen-bond donors (Lipinski definition) is 1. The van der Waals surface area contributed by atoms with Crippen LogP contribution in [-0.4, -0.2) is 34.5 Å². The van der Waals surface area contributed by atoms with E-state index in [-0.39, 0.29) is 13.1 Å². The maximum absolute atomic E-state index is 13.4. The average molecular weight is 490 g/mol. The number of amides is 1. The van der Waals surface area contributed by atoms with Crippen molar-refractivity contribution in [1.29, 1.82) is 0 Å². The van der Waals surface area contributed by atoms with E-state index < -0.39 is 28.7 Å². The Kier molecular flexibility index (Phi) is 7.24. The third-order valence-electron chi connectivity index (χ3n) is 5.41. The predicted octanol–water partition coefficient (Wildman–Crippen LogP) is 2.53. The van der Waals surface area contributed by atoms with Crippen molar-refractivity contribution in [2.75, 3.05) is 14.2 Å². The minimum atomic E-state index is -0.849. The summed E-state index contributed by atoms with van der Waals surface area (Å²) in [5, 5.41) is 6.71. The minimum absolute atomic E-state index is 0.0361. The van der Waals surface area contributed by atoms with E-state index in [9.17, 15) is 18.8 Å². The molecule has 0 aliphatic heterocycles. The summed E-state index contributed by atoms with van der Waals surface area (Å²) < 4.78 is 25.6. The lowest BCUT2D eigenvalue weighted by atomic mass is 10.2. The Labute approximate surface area is 205 Å². The van der Waals surface area contributed by atoms with Crippen molar-refractivity contribution in [2.24, 2.45) is 0 Å². The first kappa shape index (κ1) is 24.4. The van der Waals surface area contributed by atoms with Crippen LogP contribution in [-0.2, 0) is 13.1 Å². The summed E-state index contributed by atoms with van der Waals surface area (Å²) in [5.41, 5.74) is -0.490. The largest absolute Gasteiger partial charge is 0.497 e. The van der Waals surface area contributed by atoms with Crippen LogP contribution in [0.4, 0.5) is 4.39 Å². The second-order valence-electron chi connectivity index (χ2n) is 7.80. The first-order valence-corrected chi connectivity index (χ1v) is 10.9. The van der Waals surface area contributed by atoms with E-state index in [1.54, 1.807) is 48.5 Å². The number of carbonyl (C=O) groups is 1. The lowest BCUT2D eigenvalue weighted by Crippen LogP contribution is -2.46. The summed E-state index contributed by atoms with van der Waals surface area (Å²) in [4.78, 5) is 39.6. The van der Waals surface area contributed by atoms with Gasteiger partial charge in [-0.15, -0.1) is 0 Å². The Hall–Kier alpha value is -4.73. The summed E-state index contributed by atoms with van der Waals surface area (Å²) in [7, 11) is 2.99. The predicted molar refractivity (Wildman–Crippen MR) is 130 cm³/mol. The van der Waals surface area contributed by atoms with Gasteiger partial charge in [0.15, 0.2) is 0 Å². The number of ether oxygens (including phenoxy) is 2. The summed E-state index contributed by atoms with van der Waals surface area (Å²) in [6, 6.07) is 19.0. The van der Waals surface area contributed by atoms with E-state index >= 15 is 0 Å². The van der Waals surface area contributed by atoms with Crippen LogP contribution in [0.2, 0.25) is 0 Å². The maximum atomic E-state index is 13.4. The molecule has 0 fully saturated rings. The number of carbonyl (C=O) groups excluding carboxylic acids is 1. The Morgan fingerprint density at radius 2 is 1.58 bits per heavy atom. The lowest BCUT2D eigenvalue weighted by Gasteiger charge is -2.13. The fourth-order valence-corrected chi connectivity index (χ4v) is 3.53. The molecule has 1 amide bonds. The number of nitrogens with zero attached hydrogens (tertiary/aromatic N) is 3. The van der Waals surface area contributed by atoms with Gasteiger partial charge in [0.05, 0.1) is 26.5 Å². The number of nitrogens with one attached hydrogen (secondary N) is 1. The van der Waals surface area contributed by atoms with Crippen molar-refractivity contribution < 1.29 is 18.7 Å². The molecule has 3 aromatic carbocycles. The van der Waals surface area contributed by atoms with Gasteiger partial charge >= 0.3 is 5.69 Å². The van der Waals surface area contributed by atoms with E-state index in [1.807, 2.05) is 0 Å². The van der Waals surface area contributed by atoms with Gasteiger partial charge in [-0.2, -0.15) is 9.78 Å². The highest BCUT2D eigenvalue weighted by Gasteiger charge is 2.21. The number of rotatable bonds is 8. The quantitative estimate of drug-likeness (QED) is 0.407. The molecule has 36 heavy (non-hydrogen) atoms. The molecule has 4 aromatic rings. The molecule has 4 rings (SSSR count). The number of halogens is 1. The maximum Gasteiger partial charge on any atom is 0.352 e. The van der Waals surface area contributed by atoms with Crippen LogP contribution in [0.5, 0.6) is 11.5 Å². The van der Waals surface area contributed by atoms with E-state index in [0.717, 1.165) is 9.25 Å². The first-order valence-electron chi connectivity index (χ1n) is 10.9.